The summed E-state index contributed by atoms with van der Waals surface area (Å²) in [5.74, 6) is 2.58. The van der Waals surface area contributed by atoms with Gasteiger partial charge in [-0.2, -0.15) is 0 Å². The van der Waals surface area contributed by atoms with Gasteiger partial charge in [0.25, 0.3) is 0 Å². The monoisotopic (exact) mass is 118 g/mol. The maximum atomic E-state index is 5.12. The third kappa shape index (κ3) is 3.37. The second-order valence-corrected chi connectivity index (χ2v) is 1.55. The molecule has 0 saturated heterocycles. The Balaban J connectivity index is 3.86. The van der Waals surface area contributed by atoms with Crippen LogP contribution in [0.4, 0.5) is 0 Å². The molecule has 0 heteroatoms. The molecule has 0 rings (SSSR count). The second kappa shape index (κ2) is 4.93. The lowest BCUT2D eigenvalue weighted by atomic mass is 10.1. The minimum atomic E-state index is 0.0444. The predicted octanol–water partition coefficient (Wildman–Crippen LogP) is 2.16. The molecule has 0 aliphatic heterocycles. The number of hydrogen-bond acceptors (Lipinski definition) is 0. The Morgan fingerprint density at radius 2 is 2.11 bits per heavy atom. The molecule has 1 unspecified atom stereocenters. The van der Waals surface area contributed by atoms with Gasteiger partial charge in [-0.25, -0.2) is 0 Å². The van der Waals surface area contributed by atoms with E-state index < -0.39 is 0 Å². The lowest BCUT2D eigenvalue weighted by Crippen LogP contribution is -1.81. The van der Waals surface area contributed by atoms with Crippen LogP contribution in [0.25, 0.3) is 0 Å². The number of terminal acetylenes is 1. The summed E-state index contributed by atoms with van der Waals surface area (Å²) < 4.78 is 0. The molecule has 0 nitrogen and oxygen atoms in total. The van der Waals surface area contributed by atoms with Gasteiger partial charge >= 0.3 is 0 Å². The average molecular weight is 118 g/mol. The molecule has 0 saturated carbocycles. The number of hydrogen-bond donors (Lipinski definition) is 0. The molecule has 0 aromatic rings. The molecule has 0 aromatic heterocycles. The minimum Gasteiger partial charge on any atom is -0.119 e. The highest BCUT2D eigenvalue weighted by molar-refractivity contribution is 5.15. The molecule has 1 atom stereocenters. The van der Waals surface area contributed by atoms with E-state index in [0.29, 0.717) is 0 Å². The van der Waals surface area contributed by atoms with E-state index in [9.17, 15) is 0 Å². The van der Waals surface area contributed by atoms with E-state index in [0.717, 1.165) is 0 Å². The maximum Gasteiger partial charge on any atom is 0.0561 e. The Hall–Kier alpha value is -1.22. The molecule has 0 N–H and O–H groups in total. The quantitative estimate of drug-likeness (QED) is 0.302. The van der Waals surface area contributed by atoms with Gasteiger partial charge in [-0.3, -0.25) is 0 Å². The smallest absolute Gasteiger partial charge is 0.0561 e. The van der Waals surface area contributed by atoms with E-state index in [-0.39, 0.29) is 5.92 Å². The third-order valence-corrected chi connectivity index (χ3v) is 0.901. The first-order valence-electron chi connectivity index (χ1n) is 2.73. The Kier molecular flexibility index (Phi) is 4.26. The zero-order chi connectivity index (χ0) is 7.11. The van der Waals surface area contributed by atoms with E-state index in [2.05, 4.69) is 19.1 Å². The van der Waals surface area contributed by atoms with Crippen LogP contribution in [0.15, 0.2) is 37.5 Å². The molecule has 0 aromatic carbocycles. The van der Waals surface area contributed by atoms with Crippen molar-refractivity contribution in [1.82, 2.24) is 0 Å². The highest BCUT2D eigenvalue weighted by Gasteiger charge is 1.86. The van der Waals surface area contributed by atoms with Crippen LogP contribution in [0.5, 0.6) is 0 Å². The van der Waals surface area contributed by atoms with Crippen molar-refractivity contribution < 1.29 is 0 Å². The molecule has 9 heavy (non-hydrogen) atoms. The minimum absolute atomic E-state index is 0.0444. The maximum absolute atomic E-state index is 5.12. The Bertz CT molecular complexity index is 155. The van der Waals surface area contributed by atoms with E-state index in [1.54, 1.807) is 12.2 Å². The molecule has 0 fully saturated rings. The van der Waals surface area contributed by atoms with E-state index in [1.165, 1.54) is 0 Å². The first-order valence-corrected chi connectivity index (χ1v) is 2.73. The zero-order valence-electron chi connectivity index (χ0n) is 5.38. The molecule has 0 radical (unpaired) electrons. The van der Waals surface area contributed by atoms with Crippen molar-refractivity contribution in [2.24, 2.45) is 5.92 Å². The molecule has 0 heterocycles. The zero-order valence-corrected chi connectivity index (χ0v) is 5.38. The molecule has 46 valence electrons. The number of allylic oxidation sites excluding steroid dienone is 4. The van der Waals surface area contributed by atoms with Crippen LogP contribution in [0.2, 0.25) is 0 Å². The van der Waals surface area contributed by atoms with Crippen LogP contribution < -0.4 is 0 Å². The lowest BCUT2D eigenvalue weighted by Gasteiger charge is -1.90. The molecular formula is C9H10. The lowest BCUT2D eigenvalue weighted by molar-refractivity contribution is 1.13. The number of rotatable bonds is 3. The van der Waals surface area contributed by atoms with E-state index in [1.807, 2.05) is 12.2 Å². The molecule has 0 amide bonds. The predicted molar refractivity (Wildman–Crippen MR) is 41.9 cm³/mol. The Morgan fingerprint density at radius 1 is 1.44 bits per heavy atom. The van der Waals surface area contributed by atoms with Gasteiger partial charge in [0, 0.05) is 0 Å². The summed E-state index contributed by atoms with van der Waals surface area (Å²) in [6.45, 7) is 7.07. The third-order valence-electron chi connectivity index (χ3n) is 0.901. The molecular weight excluding hydrogens is 108 g/mol. The van der Waals surface area contributed by atoms with Gasteiger partial charge in [0.15, 0.2) is 0 Å². The highest BCUT2D eigenvalue weighted by atomic mass is 13.9. The van der Waals surface area contributed by atoms with E-state index >= 15 is 0 Å². The summed E-state index contributed by atoms with van der Waals surface area (Å²) in [7, 11) is 0. The van der Waals surface area contributed by atoms with E-state index in [4.69, 9.17) is 6.42 Å². The fraction of sp³-hybridized carbons (Fsp3) is 0.111. The van der Waals surface area contributed by atoms with Crippen molar-refractivity contribution in [3.63, 3.8) is 0 Å². The summed E-state index contributed by atoms with van der Waals surface area (Å²) in [5, 5.41) is 0. The summed E-state index contributed by atoms with van der Waals surface area (Å²) in [6, 6.07) is 0. The van der Waals surface area contributed by atoms with Crippen molar-refractivity contribution in [1.29, 1.82) is 0 Å². The second-order valence-electron chi connectivity index (χ2n) is 1.55. The van der Waals surface area contributed by atoms with Gasteiger partial charge in [-0.05, 0) is 0 Å². The normalized spacial score (nSPS) is 12.3. The van der Waals surface area contributed by atoms with Crippen molar-refractivity contribution in [3.05, 3.63) is 37.5 Å². The van der Waals surface area contributed by atoms with Gasteiger partial charge in [-0.1, -0.05) is 36.8 Å². The van der Waals surface area contributed by atoms with Crippen molar-refractivity contribution >= 4 is 0 Å². The Labute approximate surface area is 56.6 Å². The van der Waals surface area contributed by atoms with Crippen LogP contribution in [0.3, 0.4) is 0 Å². The standard InChI is InChI=1S/C9H10/c1-4-7-8-9(5-2)6-3/h2,4,6-9H,1,3H2/b8-7+. The molecule has 0 bridgehead atoms. The summed E-state index contributed by atoms with van der Waals surface area (Å²) in [6.07, 6.45) is 12.2. The first kappa shape index (κ1) is 7.78. The largest absolute Gasteiger partial charge is 0.119 e. The van der Waals surface area contributed by atoms with Crippen molar-refractivity contribution in [2.45, 2.75) is 0 Å². The van der Waals surface area contributed by atoms with Crippen LogP contribution in [0.1, 0.15) is 0 Å². The van der Waals surface area contributed by atoms with Crippen LogP contribution in [0, 0.1) is 18.3 Å². The van der Waals surface area contributed by atoms with Gasteiger partial charge in [0.05, 0.1) is 5.92 Å². The van der Waals surface area contributed by atoms with Crippen LogP contribution >= 0.6 is 0 Å². The topological polar surface area (TPSA) is 0 Å². The van der Waals surface area contributed by atoms with Crippen molar-refractivity contribution in [2.75, 3.05) is 0 Å². The molecule has 0 aliphatic carbocycles. The van der Waals surface area contributed by atoms with Gasteiger partial charge in [0.2, 0.25) is 0 Å². The summed E-state index contributed by atoms with van der Waals surface area (Å²) in [4.78, 5) is 0. The van der Waals surface area contributed by atoms with Crippen LogP contribution in [-0.2, 0) is 0 Å². The summed E-state index contributed by atoms with van der Waals surface area (Å²) >= 11 is 0. The SMILES string of the molecule is C#CC(C=C)/C=C/C=C. The highest BCUT2D eigenvalue weighted by Crippen LogP contribution is 1.96. The van der Waals surface area contributed by atoms with Crippen molar-refractivity contribution in [3.8, 4) is 12.3 Å². The molecule has 0 aliphatic rings. The first-order chi connectivity index (χ1) is 4.35. The molecule has 0 spiro atoms. The Morgan fingerprint density at radius 3 is 2.44 bits per heavy atom. The average Bonchev–Trinajstić information content (AvgIpc) is 1.91. The van der Waals surface area contributed by atoms with Crippen LogP contribution in [-0.4, -0.2) is 0 Å². The summed E-state index contributed by atoms with van der Waals surface area (Å²) in [5.41, 5.74) is 0. The van der Waals surface area contributed by atoms with Gasteiger partial charge in [0.1, 0.15) is 0 Å². The fourth-order valence-corrected chi connectivity index (χ4v) is 0.400. The van der Waals surface area contributed by atoms with Gasteiger partial charge in [-0.15, -0.1) is 13.0 Å². The van der Waals surface area contributed by atoms with Gasteiger partial charge < -0.3 is 0 Å². The fourth-order valence-electron chi connectivity index (χ4n) is 0.400.